The second kappa shape index (κ2) is 11.0. The topological polar surface area (TPSA) is 58.6 Å². The monoisotopic (exact) mass is 487 g/mol. The number of rotatable bonds is 11. The van der Waals surface area contributed by atoms with Crippen molar-refractivity contribution in [1.29, 1.82) is 0 Å². The van der Waals surface area contributed by atoms with Crippen LogP contribution in [0.2, 0.25) is 0 Å². The van der Waals surface area contributed by atoms with Crippen LogP contribution in [0, 0.1) is 0 Å². The van der Waals surface area contributed by atoms with E-state index in [2.05, 4.69) is 60.1 Å². The number of fused-ring (bicyclic) bond motifs is 1. The summed E-state index contributed by atoms with van der Waals surface area (Å²) in [7, 11) is 0. The van der Waals surface area contributed by atoms with Crippen molar-refractivity contribution >= 4 is 33.1 Å². The van der Waals surface area contributed by atoms with E-state index in [-0.39, 0.29) is 0 Å². The largest absolute Gasteiger partial charge is 0.493 e. The summed E-state index contributed by atoms with van der Waals surface area (Å²) in [5.74, 6) is 0.163. The highest BCUT2D eigenvalue weighted by Crippen LogP contribution is 2.40. The summed E-state index contributed by atoms with van der Waals surface area (Å²) in [5.41, 5.74) is 4.73. The minimum absolute atomic E-state index is 0.635. The van der Waals surface area contributed by atoms with Gasteiger partial charge in [0, 0.05) is 33.4 Å². The summed E-state index contributed by atoms with van der Waals surface area (Å²) in [6.07, 6.45) is 2.94. The number of carboxylic acid groups (broad SMARTS) is 1. The Labute approximate surface area is 211 Å². The predicted molar refractivity (Wildman–Crippen MR) is 147 cm³/mol. The average Bonchev–Trinajstić information content (AvgIpc) is 3.30. The Morgan fingerprint density at radius 1 is 1.03 bits per heavy atom. The van der Waals surface area contributed by atoms with E-state index in [1.807, 2.05) is 24.3 Å². The van der Waals surface area contributed by atoms with Gasteiger partial charge in [0.05, 0.1) is 12.0 Å². The molecular weight excluding hydrogens is 454 g/mol. The molecule has 0 saturated carbocycles. The fourth-order valence-electron chi connectivity index (χ4n) is 4.22. The van der Waals surface area contributed by atoms with Crippen molar-refractivity contribution in [2.45, 2.75) is 45.4 Å². The number of aliphatic carboxylic acids is 1. The quantitative estimate of drug-likeness (QED) is 0.212. The number of thiophene rings is 1. The number of hydrogen-bond donors (Lipinski definition) is 2. The van der Waals surface area contributed by atoms with Crippen LogP contribution in [0.1, 0.15) is 44.7 Å². The Kier molecular flexibility index (Phi) is 7.76. The molecule has 1 aromatic heterocycles. The molecule has 1 heterocycles. The van der Waals surface area contributed by atoms with E-state index in [9.17, 15) is 9.90 Å². The summed E-state index contributed by atoms with van der Waals surface area (Å²) >= 11 is 1.81. The van der Waals surface area contributed by atoms with Crippen LogP contribution in [0.4, 0.5) is 5.69 Å². The maximum Gasteiger partial charge on any atom is 0.313 e. The number of nitrogens with one attached hydrogen (secondary N) is 1. The number of hydrogen-bond acceptors (Lipinski definition) is 4. The van der Waals surface area contributed by atoms with Crippen LogP contribution in [-0.4, -0.2) is 24.2 Å². The zero-order valence-corrected chi connectivity index (χ0v) is 21.5. The molecule has 3 aromatic carbocycles. The smallest absolute Gasteiger partial charge is 0.313 e. The Morgan fingerprint density at radius 3 is 2.46 bits per heavy atom. The molecule has 0 aliphatic heterocycles. The fraction of sp³-hybridized carbons (Fsp3) is 0.300. The van der Waals surface area contributed by atoms with E-state index in [0.29, 0.717) is 6.61 Å². The van der Waals surface area contributed by atoms with Crippen molar-refractivity contribution < 1.29 is 14.6 Å². The number of anilines is 1. The summed E-state index contributed by atoms with van der Waals surface area (Å²) in [6.45, 7) is 7.07. The standard InChI is InChI=1S/C30H33NO3S/c1-4-9-25-27(17-16-24-26(20-35-28(24)25)21-10-6-5-7-11-21)34-19-8-18-31-23-14-12-22(13-15-23)30(2,3)29(32)33/h5-7,10-17,20,31H,4,8-9,18-19H2,1-3H3,(H,32,33). The molecule has 0 saturated heterocycles. The van der Waals surface area contributed by atoms with Gasteiger partial charge < -0.3 is 15.2 Å². The molecule has 0 unspecified atom stereocenters. The zero-order valence-electron chi connectivity index (χ0n) is 20.6. The zero-order chi connectivity index (χ0) is 24.8. The maximum atomic E-state index is 11.4. The van der Waals surface area contributed by atoms with Crippen molar-refractivity contribution in [2.24, 2.45) is 0 Å². The van der Waals surface area contributed by atoms with Crippen LogP contribution in [0.15, 0.2) is 72.1 Å². The molecule has 0 aliphatic rings. The third-order valence-electron chi connectivity index (χ3n) is 6.44. The second-order valence-electron chi connectivity index (χ2n) is 9.32. The molecule has 4 rings (SSSR count). The normalized spacial score (nSPS) is 11.5. The van der Waals surface area contributed by atoms with Crippen molar-refractivity contribution in [3.8, 4) is 16.9 Å². The second-order valence-corrected chi connectivity index (χ2v) is 10.2. The summed E-state index contributed by atoms with van der Waals surface area (Å²) in [6, 6.07) is 22.5. The van der Waals surface area contributed by atoms with Crippen LogP contribution in [0.3, 0.4) is 0 Å². The fourth-order valence-corrected chi connectivity index (χ4v) is 5.36. The highest BCUT2D eigenvalue weighted by atomic mass is 32.1. The highest BCUT2D eigenvalue weighted by Gasteiger charge is 2.29. The lowest BCUT2D eigenvalue weighted by Crippen LogP contribution is -2.28. The lowest BCUT2D eigenvalue weighted by Gasteiger charge is -2.20. The first kappa shape index (κ1) is 24.8. The van der Waals surface area contributed by atoms with Crippen LogP contribution in [0.25, 0.3) is 21.2 Å². The van der Waals surface area contributed by atoms with Gasteiger partial charge in [0.25, 0.3) is 0 Å². The van der Waals surface area contributed by atoms with Crippen molar-refractivity contribution in [3.05, 3.63) is 83.2 Å². The molecule has 2 N–H and O–H groups in total. The summed E-state index contributed by atoms with van der Waals surface area (Å²) < 4.78 is 7.57. The van der Waals surface area contributed by atoms with Gasteiger partial charge in [-0.3, -0.25) is 4.79 Å². The van der Waals surface area contributed by atoms with Gasteiger partial charge in [-0.15, -0.1) is 11.3 Å². The number of carbonyl (C=O) groups is 1. The van der Waals surface area contributed by atoms with E-state index < -0.39 is 11.4 Å². The molecule has 0 amide bonds. The SMILES string of the molecule is CCCc1c(OCCCNc2ccc(C(C)(C)C(=O)O)cc2)ccc2c(-c3ccccc3)csc12. The van der Waals surface area contributed by atoms with Gasteiger partial charge in [-0.2, -0.15) is 0 Å². The molecule has 35 heavy (non-hydrogen) atoms. The van der Waals surface area contributed by atoms with Crippen molar-refractivity contribution in [1.82, 2.24) is 0 Å². The van der Waals surface area contributed by atoms with E-state index in [1.165, 1.54) is 26.8 Å². The lowest BCUT2D eigenvalue weighted by atomic mass is 9.85. The third-order valence-corrected chi connectivity index (χ3v) is 7.49. The third kappa shape index (κ3) is 5.51. The Hall–Kier alpha value is -3.31. The number of aryl methyl sites for hydroxylation is 1. The molecule has 0 aliphatic carbocycles. The van der Waals surface area contributed by atoms with Gasteiger partial charge in [0.2, 0.25) is 0 Å². The van der Waals surface area contributed by atoms with Gasteiger partial charge in [-0.25, -0.2) is 0 Å². The number of ether oxygens (including phenoxy) is 1. The molecule has 4 aromatic rings. The van der Waals surface area contributed by atoms with Gasteiger partial charge in [0.1, 0.15) is 5.75 Å². The van der Waals surface area contributed by atoms with Crippen LogP contribution in [-0.2, 0) is 16.6 Å². The lowest BCUT2D eigenvalue weighted by molar-refractivity contribution is -0.142. The first-order chi connectivity index (χ1) is 16.9. The van der Waals surface area contributed by atoms with Gasteiger partial charge in [-0.1, -0.05) is 55.8 Å². The minimum atomic E-state index is -0.895. The first-order valence-electron chi connectivity index (χ1n) is 12.2. The first-order valence-corrected chi connectivity index (χ1v) is 13.1. The molecule has 0 atom stereocenters. The molecular formula is C30H33NO3S. The molecule has 5 heteroatoms. The number of carboxylic acids is 1. The molecule has 0 fully saturated rings. The van der Waals surface area contributed by atoms with E-state index in [1.54, 1.807) is 25.2 Å². The Morgan fingerprint density at radius 2 is 1.77 bits per heavy atom. The molecule has 0 spiro atoms. The molecule has 4 nitrogen and oxygen atoms in total. The van der Waals surface area contributed by atoms with Gasteiger partial charge in [0.15, 0.2) is 0 Å². The summed E-state index contributed by atoms with van der Waals surface area (Å²) in [4.78, 5) is 11.4. The molecule has 0 radical (unpaired) electrons. The Balaban J connectivity index is 1.37. The predicted octanol–water partition coefficient (Wildman–Crippen LogP) is 7.76. The van der Waals surface area contributed by atoms with Gasteiger partial charge >= 0.3 is 5.97 Å². The van der Waals surface area contributed by atoms with E-state index >= 15 is 0 Å². The maximum absolute atomic E-state index is 11.4. The van der Waals surface area contributed by atoms with E-state index in [4.69, 9.17) is 4.74 Å². The van der Waals surface area contributed by atoms with Crippen LogP contribution < -0.4 is 10.1 Å². The Bertz CT molecular complexity index is 1280. The highest BCUT2D eigenvalue weighted by molar-refractivity contribution is 7.18. The van der Waals surface area contributed by atoms with Crippen molar-refractivity contribution in [3.63, 3.8) is 0 Å². The van der Waals surface area contributed by atoms with Gasteiger partial charge in [-0.05, 0) is 67.5 Å². The number of benzene rings is 3. The van der Waals surface area contributed by atoms with E-state index in [0.717, 1.165) is 42.8 Å². The minimum Gasteiger partial charge on any atom is -0.493 e. The summed E-state index contributed by atoms with van der Waals surface area (Å²) in [5, 5.41) is 16.4. The van der Waals surface area contributed by atoms with Crippen molar-refractivity contribution in [2.75, 3.05) is 18.5 Å². The van der Waals surface area contributed by atoms with Crippen LogP contribution in [0.5, 0.6) is 5.75 Å². The molecule has 0 bridgehead atoms. The average molecular weight is 488 g/mol. The molecule has 182 valence electrons. The van der Waals surface area contributed by atoms with Crippen LogP contribution >= 0.6 is 11.3 Å².